The molecular formula is C23H27N3O5. The molecule has 2 unspecified atom stereocenters. The Morgan fingerprint density at radius 3 is 2.32 bits per heavy atom. The van der Waals surface area contributed by atoms with Crippen molar-refractivity contribution in [2.75, 3.05) is 6.54 Å². The minimum absolute atomic E-state index is 0.372. The summed E-state index contributed by atoms with van der Waals surface area (Å²) in [7, 11) is 0. The first-order valence-electron chi connectivity index (χ1n) is 10.1. The molecule has 0 saturated carbocycles. The largest absolute Gasteiger partial charge is 0.478 e. The van der Waals surface area contributed by atoms with E-state index in [1.165, 1.54) is 0 Å². The van der Waals surface area contributed by atoms with Crippen LogP contribution in [0.1, 0.15) is 36.9 Å². The topological polar surface area (TPSA) is 129 Å². The van der Waals surface area contributed by atoms with Crippen LogP contribution in [0.5, 0.6) is 0 Å². The quantitative estimate of drug-likeness (QED) is 0.303. The molecular weight excluding hydrogens is 398 g/mol. The number of nitrogens with one attached hydrogen (secondary N) is 2. The molecule has 0 aliphatic rings. The first-order valence-corrected chi connectivity index (χ1v) is 10.1. The Balaban J connectivity index is 2.32. The summed E-state index contributed by atoms with van der Waals surface area (Å²) in [6, 6.07) is 11.4. The predicted molar refractivity (Wildman–Crippen MR) is 115 cm³/mol. The fraction of sp³-hybridized carbons (Fsp3) is 0.304. The van der Waals surface area contributed by atoms with E-state index < -0.39 is 35.5 Å². The number of hydrogen-bond donors (Lipinski definition) is 4. The van der Waals surface area contributed by atoms with Crippen molar-refractivity contribution < 1.29 is 24.6 Å². The van der Waals surface area contributed by atoms with Gasteiger partial charge >= 0.3 is 11.9 Å². The van der Waals surface area contributed by atoms with E-state index in [1.807, 2.05) is 37.3 Å². The maximum Gasteiger partial charge on any atom is 0.333 e. The second kappa shape index (κ2) is 12.2. The van der Waals surface area contributed by atoms with Gasteiger partial charge in [0.2, 0.25) is 5.91 Å². The lowest BCUT2D eigenvalue weighted by molar-refractivity contribution is -0.136. The zero-order chi connectivity index (χ0) is 22.6. The van der Waals surface area contributed by atoms with Crippen molar-refractivity contribution in [3.8, 4) is 0 Å². The Morgan fingerprint density at radius 1 is 1.06 bits per heavy atom. The standard InChI is InChI=1S/C23H27N3O5/c1-2-3-11-25-21(18(23(30)31)15-20(27)28)22(29)26-19(17-9-12-24-13-10-17)14-16-7-5-4-6-8-16/h4-10,12-13,15,19,21,25H,2-3,11,14H2,1H3,(H,26,29)(H,27,28)(H,30,31)/b18-15-. The van der Waals surface area contributed by atoms with Crippen molar-refractivity contribution >= 4 is 17.8 Å². The smallest absolute Gasteiger partial charge is 0.333 e. The lowest BCUT2D eigenvalue weighted by atomic mass is 9.98. The van der Waals surface area contributed by atoms with Gasteiger partial charge in [-0.25, -0.2) is 9.59 Å². The Hall–Kier alpha value is -3.52. The van der Waals surface area contributed by atoms with Gasteiger partial charge in [0.15, 0.2) is 0 Å². The highest BCUT2D eigenvalue weighted by atomic mass is 16.4. The van der Waals surface area contributed by atoms with E-state index in [2.05, 4.69) is 15.6 Å². The molecule has 0 fully saturated rings. The molecule has 31 heavy (non-hydrogen) atoms. The molecule has 164 valence electrons. The van der Waals surface area contributed by atoms with Crippen LogP contribution in [0, 0.1) is 0 Å². The number of carbonyl (C=O) groups is 3. The number of carbonyl (C=O) groups excluding carboxylic acids is 1. The molecule has 0 spiro atoms. The van der Waals surface area contributed by atoms with Crippen LogP contribution in [0.2, 0.25) is 0 Å². The van der Waals surface area contributed by atoms with Gasteiger partial charge in [-0.2, -0.15) is 0 Å². The molecule has 8 heteroatoms. The summed E-state index contributed by atoms with van der Waals surface area (Å²) in [6.07, 6.45) is 5.81. The summed E-state index contributed by atoms with van der Waals surface area (Å²) in [5, 5.41) is 24.4. The predicted octanol–water partition coefficient (Wildman–Crippen LogP) is 2.34. The Morgan fingerprint density at radius 2 is 1.74 bits per heavy atom. The van der Waals surface area contributed by atoms with Gasteiger partial charge in [-0.05, 0) is 42.6 Å². The van der Waals surface area contributed by atoms with Gasteiger partial charge < -0.3 is 20.8 Å². The van der Waals surface area contributed by atoms with Crippen molar-refractivity contribution in [3.63, 3.8) is 0 Å². The summed E-state index contributed by atoms with van der Waals surface area (Å²) in [6.45, 7) is 2.33. The lowest BCUT2D eigenvalue weighted by Crippen LogP contribution is -2.48. The third kappa shape index (κ3) is 7.67. The van der Waals surface area contributed by atoms with Gasteiger partial charge in [0.1, 0.15) is 6.04 Å². The van der Waals surface area contributed by atoms with E-state index in [9.17, 15) is 19.5 Å². The van der Waals surface area contributed by atoms with Crippen LogP contribution < -0.4 is 10.6 Å². The molecule has 2 aromatic rings. The summed E-state index contributed by atoms with van der Waals surface area (Å²) in [5.41, 5.74) is 1.27. The van der Waals surface area contributed by atoms with E-state index >= 15 is 0 Å². The normalized spacial score (nSPS) is 13.3. The van der Waals surface area contributed by atoms with Gasteiger partial charge in [0.25, 0.3) is 0 Å². The van der Waals surface area contributed by atoms with Crippen LogP contribution in [0.4, 0.5) is 0 Å². The third-order valence-corrected chi connectivity index (χ3v) is 4.69. The Labute approximate surface area is 181 Å². The highest BCUT2D eigenvalue weighted by Crippen LogP contribution is 2.19. The van der Waals surface area contributed by atoms with Gasteiger partial charge in [0.05, 0.1) is 11.6 Å². The molecule has 4 N–H and O–H groups in total. The third-order valence-electron chi connectivity index (χ3n) is 4.69. The number of aromatic nitrogens is 1. The van der Waals surface area contributed by atoms with Gasteiger partial charge in [-0.1, -0.05) is 43.7 Å². The van der Waals surface area contributed by atoms with Crippen LogP contribution >= 0.6 is 0 Å². The first-order chi connectivity index (χ1) is 14.9. The highest BCUT2D eigenvalue weighted by Gasteiger charge is 2.30. The minimum atomic E-state index is -1.46. The SMILES string of the molecule is CCCCNC(C(=O)NC(Cc1ccccc1)c1ccncc1)/C(=C/C(=O)O)C(=O)O. The van der Waals surface area contributed by atoms with Gasteiger partial charge in [-0.3, -0.25) is 9.78 Å². The number of amides is 1. The molecule has 1 heterocycles. The first kappa shape index (κ1) is 23.8. The van der Waals surface area contributed by atoms with E-state index in [0.29, 0.717) is 25.5 Å². The summed E-state index contributed by atoms with van der Waals surface area (Å²) < 4.78 is 0. The maximum atomic E-state index is 13.2. The number of carboxylic acids is 2. The van der Waals surface area contributed by atoms with Gasteiger partial charge in [0, 0.05) is 18.5 Å². The van der Waals surface area contributed by atoms with Crippen LogP contribution in [-0.4, -0.2) is 45.6 Å². The van der Waals surface area contributed by atoms with Crippen molar-refractivity contribution in [1.82, 2.24) is 15.6 Å². The number of rotatable bonds is 12. The maximum absolute atomic E-state index is 13.2. The van der Waals surface area contributed by atoms with Crippen molar-refractivity contribution in [2.24, 2.45) is 0 Å². The number of nitrogens with zero attached hydrogens (tertiary/aromatic N) is 1. The number of carboxylic acid groups (broad SMARTS) is 2. The fourth-order valence-corrected chi connectivity index (χ4v) is 3.12. The average Bonchev–Trinajstić information content (AvgIpc) is 2.76. The average molecular weight is 425 g/mol. The fourth-order valence-electron chi connectivity index (χ4n) is 3.12. The number of pyridine rings is 1. The number of unbranched alkanes of at least 4 members (excludes halogenated alkanes) is 1. The molecule has 0 aliphatic heterocycles. The zero-order valence-corrected chi connectivity index (χ0v) is 17.3. The van der Waals surface area contributed by atoms with E-state index in [4.69, 9.17) is 5.11 Å². The Kier molecular flexibility index (Phi) is 9.38. The monoisotopic (exact) mass is 425 g/mol. The van der Waals surface area contributed by atoms with Gasteiger partial charge in [-0.15, -0.1) is 0 Å². The van der Waals surface area contributed by atoms with Crippen molar-refractivity contribution in [3.05, 3.63) is 77.6 Å². The van der Waals surface area contributed by atoms with E-state index in [1.54, 1.807) is 24.5 Å². The molecule has 1 aromatic heterocycles. The zero-order valence-electron chi connectivity index (χ0n) is 17.3. The molecule has 8 nitrogen and oxygen atoms in total. The highest BCUT2D eigenvalue weighted by molar-refractivity contribution is 6.02. The number of hydrogen-bond acceptors (Lipinski definition) is 5. The summed E-state index contributed by atoms with van der Waals surface area (Å²) in [4.78, 5) is 40.0. The van der Waals surface area contributed by atoms with E-state index in [0.717, 1.165) is 17.5 Å². The molecule has 1 amide bonds. The number of aliphatic carboxylic acids is 2. The van der Waals surface area contributed by atoms with Crippen LogP contribution in [0.25, 0.3) is 0 Å². The second-order valence-corrected chi connectivity index (χ2v) is 7.02. The summed E-state index contributed by atoms with van der Waals surface area (Å²) in [5.74, 6) is -3.50. The minimum Gasteiger partial charge on any atom is -0.478 e. The lowest BCUT2D eigenvalue weighted by Gasteiger charge is -2.24. The molecule has 2 atom stereocenters. The second-order valence-electron chi connectivity index (χ2n) is 7.02. The van der Waals surface area contributed by atoms with Crippen molar-refractivity contribution in [2.45, 2.75) is 38.3 Å². The number of benzene rings is 1. The molecule has 0 saturated heterocycles. The molecule has 0 aliphatic carbocycles. The van der Waals surface area contributed by atoms with Crippen LogP contribution in [-0.2, 0) is 20.8 Å². The van der Waals surface area contributed by atoms with Crippen molar-refractivity contribution in [1.29, 1.82) is 0 Å². The van der Waals surface area contributed by atoms with E-state index in [-0.39, 0.29) is 0 Å². The molecule has 2 rings (SSSR count). The molecule has 1 aromatic carbocycles. The molecule has 0 radical (unpaired) electrons. The summed E-state index contributed by atoms with van der Waals surface area (Å²) >= 11 is 0. The molecule has 0 bridgehead atoms. The Bertz CT molecular complexity index is 900. The van der Waals surface area contributed by atoms with Crippen LogP contribution in [0.15, 0.2) is 66.5 Å². The van der Waals surface area contributed by atoms with Crippen LogP contribution in [0.3, 0.4) is 0 Å².